The third-order valence-corrected chi connectivity index (χ3v) is 7.59. The minimum Gasteiger partial charge on any atom is -0.394 e. The number of hydrogen-bond acceptors (Lipinski definition) is 17. The summed E-state index contributed by atoms with van der Waals surface area (Å²) in [7, 11) is -5.26. The third-order valence-electron chi connectivity index (χ3n) is 6.57. The normalized spacial score (nSPS) is 36.8. The molecule has 10 N–H and O–H groups in total. The maximum Gasteiger partial charge on any atom is 0.475 e. The van der Waals surface area contributed by atoms with Gasteiger partial charge in [0.05, 0.1) is 25.4 Å². The smallest absolute Gasteiger partial charge is 0.394 e. The molecule has 41 heavy (non-hydrogen) atoms. The Morgan fingerprint density at radius 3 is 2.59 bits per heavy atom. The maximum atomic E-state index is 13.0. The molecule has 11 atom stereocenters. The van der Waals surface area contributed by atoms with Crippen LogP contribution in [0.4, 0.5) is 5.82 Å². The van der Waals surface area contributed by atoms with Gasteiger partial charge in [-0.3, -0.25) is 13.9 Å². The van der Waals surface area contributed by atoms with Gasteiger partial charge in [-0.2, -0.15) is 14.8 Å². The molecule has 0 spiro atoms. The Kier molecular flexibility index (Phi) is 9.48. The van der Waals surface area contributed by atoms with E-state index in [9.17, 15) is 49.7 Å². The van der Waals surface area contributed by atoms with Crippen LogP contribution in [-0.4, -0.2) is 125 Å². The van der Waals surface area contributed by atoms with Gasteiger partial charge >= 0.3 is 13.5 Å². The molecule has 20 nitrogen and oxygen atoms in total. The molecule has 4 heterocycles. The first-order valence-corrected chi connectivity index (χ1v) is 13.6. The highest BCUT2D eigenvalue weighted by atomic mass is 31.2. The maximum absolute atomic E-state index is 13.0. The lowest BCUT2D eigenvalue weighted by molar-refractivity contribution is -0.303. The lowest BCUT2D eigenvalue weighted by atomic mass is 9.88. The van der Waals surface area contributed by atoms with E-state index in [2.05, 4.69) is 10.3 Å². The number of nitrogen functional groups attached to an aromatic ring is 1. The molecule has 4 unspecified atom stereocenters. The van der Waals surface area contributed by atoms with Crippen LogP contribution in [0, 0.1) is 0 Å². The lowest BCUT2D eigenvalue weighted by Gasteiger charge is -2.47. The first-order valence-electron chi connectivity index (χ1n) is 12.1. The van der Waals surface area contributed by atoms with E-state index in [0.29, 0.717) is 0 Å². The molecule has 4 rings (SSSR count). The van der Waals surface area contributed by atoms with Crippen molar-refractivity contribution >= 4 is 19.5 Å². The van der Waals surface area contributed by atoms with Crippen LogP contribution >= 0.6 is 7.82 Å². The van der Waals surface area contributed by atoms with Crippen LogP contribution in [0.1, 0.15) is 19.6 Å². The molecule has 3 saturated heterocycles. The number of phosphoric ester groups is 1. The molecule has 0 aromatic carbocycles. The molecule has 3 aliphatic rings. The first kappa shape index (κ1) is 31.8. The first-order chi connectivity index (χ1) is 19.2. The number of phosphoric acid groups is 1. The number of aromatic nitrogens is 2. The summed E-state index contributed by atoms with van der Waals surface area (Å²) in [5.74, 6) is -3.22. The quantitative estimate of drug-likeness (QED) is 0.0639. The summed E-state index contributed by atoms with van der Waals surface area (Å²) in [5.41, 5.74) is 4.54. The van der Waals surface area contributed by atoms with Crippen molar-refractivity contribution in [2.75, 3.05) is 18.9 Å². The standard InChI is InChI=1S/C20H31N4O16P/c1-7(26)22-12-8(27)4-20(18-38-39-18,37-16(12)13(29)9(28)5-25)40-41(33,34)35-6-10-14(30)15(31)17(36-10)24-3-2-11(21)23-19(24)32/h2-3,8-10,12-18,25,27-31H,4-6H2,1H3,(H,22,26)(H,33,34)(H2,21,23,32)/t8-,9-,10-,12-,13-,14+,15+,16?,17?,20?/m1/s1. The van der Waals surface area contributed by atoms with E-state index < -0.39 is 106 Å². The zero-order chi connectivity index (χ0) is 30.3. The Balaban J connectivity index is 1.49. The van der Waals surface area contributed by atoms with Crippen LogP contribution in [0.25, 0.3) is 0 Å². The number of aliphatic hydroxyl groups excluding tert-OH is 6. The highest BCUT2D eigenvalue weighted by molar-refractivity contribution is 7.47. The summed E-state index contributed by atoms with van der Waals surface area (Å²) in [6.07, 6.45) is -14.6. The van der Waals surface area contributed by atoms with Gasteiger partial charge in [0.2, 0.25) is 11.7 Å². The molecule has 1 aromatic heterocycles. The van der Waals surface area contributed by atoms with E-state index in [1.165, 1.54) is 6.07 Å². The van der Waals surface area contributed by atoms with Crippen molar-refractivity contribution in [2.24, 2.45) is 0 Å². The summed E-state index contributed by atoms with van der Waals surface area (Å²) in [6.45, 7) is -0.736. The van der Waals surface area contributed by atoms with E-state index in [0.717, 1.165) is 17.7 Å². The van der Waals surface area contributed by atoms with Gasteiger partial charge in [0, 0.05) is 19.5 Å². The highest BCUT2D eigenvalue weighted by Gasteiger charge is 2.63. The molecule has 21 heteroatoms. The van der Waals surface area contributed by atoms with E-state index in [1.54, 1.807) is 0 Å². The minimum atomic E-state index is -5.26. The Morgan fingerprint density at radius 2 is 2.00 bits per heavy atom. The molecule has 3 fully saturated rings. The number of carbonyl (C=O) groups is 1. The number of nitrogens with zero attached hydrogens (tertiary/aromatic N) is 2. The van der Waals surface area contributed by atoms with Crippen LogP contribution in [0.5, 0.6) is 0 Å². The van der Waals surface area contributed by atoms with Crippen LogP contribution < -0.4 is 16.7 Å². The van der Waals surface area contributed by atoms with Crippen molar-refractivity contribution in [2.45, 2.75) is 80.4 Å². The fourth-order valence-corrected chi connectivity index (χ4v) is 5.53. The van der Waals surface area contributed by atoms with Gasteiger partial charge in [-0.1, -0.05) is 0 Å². The SMILES string of the molecule is CC(=O)N[C@H]1C([C@H](O)[C@H](O)CO)OC(OP(=O)(O)OC[C@H]2OC(n3ccc(N)nc3=O)[C@@H](O)[C@H]2O)(C2OO2)C[C@H]1O. The number of carbonyl (C=O) groups excluding carboxylic acids is 1. The fraction of sp³-hybridized carbons (Fsp3) is 0.750. The van der Waals surface area contributed by atoms with Gasteiger partial charge in [-0.05, 0) is 6.07 Å². The second-order valence-electron chi connectivity index (χ2n) is 9.60. The van der Waals surface area contributed by atoms with Crippen molar-refractivity contribution < 1.29 is 73.2 Å². The van der Waals surface area contributed by atoms with Gasteiger partial charge in [-0.25, -0.2) is 13.9 Å². The third kappa shape index (κ3) is 6.92. The van der Waals surface area contributed by atoms with Gasteiger partial charge in [0.15, 0.2) is 6.23 Å². The van der Waals surface area contributed by atoms with Crippen LogP contribution in [0.15, 0.2) is 17.1 Å². The average molecular weight is 614 g/mol. The number of ether oxygens (including phenoxy) is 2. The Morgan fingerprint density at radius 1 is 1.32 bits per heavy atom. The van der Waals surface area contributed by atoms with E-state index >= 15 is 0 Å². The van der Waals surface area contributed by atoms with E-state index in [4.69, 9.17) is 34.0 Å². The van der Waals surface area contributed by atoms with E-state index in [1.807, 2.05) is 0 Å². The van der Waals surface area contributed by atoms with Crippen molar-refractivity contribution in [3.63, 3.8) is 0 Å². The van der Waals surface area contributed by atoms with Crippen molar-refractivity contribution in [1.29, 1.82) is 0 Å². The van der Waals surface area contributed by atoms with Gasteiger partial charge in [-0.15, -0.1) is 0 Å². The Labute approximate surface area is 230 Å². The minimum absolute atomic E-state index is 0.103. The van der Waals surface area contributed by atoms with Crippen LogP contribution in [0.3, 0.4) is 0 Å². The lowest BCUT2D eigenvalue weighted by Crippen LogP contribution is -2.67. The molecule has 1 amide bonds. The molecular weight excluding hydrogens is 583 g/mol. The number of anilines is 1. The van der Waals surface area contributed by atoms with Crippen LogP contribution in [0.2, 0.25) is 0 Å². The number of nitrogens with one attached hydrogen (secondary N) is 1. The zero-order valence-corrected chi connectivity index (χ0v) is 22.2. The average Bonchev–Trinajstić information content (AvgIpc) is 3.71. The second-order valence-corrected chi connectivity index (χ2v) is 11.0. The van der Waals surface area contributed by atoms with Crippen LogP contribution in [-0.2, 0) is 37.7 Å². The molecule has 0 saturated carbocycles. The van der Waals surface area contributed by atoms with Crippen molar-refractivity contribution in [3.8, 4) is 0 Å². The topological polar surface area (TPSA) is 311 Å². The summed E-state index contributed by atoms with van der Waals surface area (Å²) in [5, 5.41) is 63.6. The molecule has 0 aliphatic carbocycles. The molecule has 3 aliphatic heterocycles. The number of amides is 1. The summed E-state index contributed by atoms with van der Waals surface area (Å²) < 4.78 is 35.0. The Bertz CT molecular complexity index is 1200. The number of aliphatic hydroxyl groups is 6. The second kappa shape index (κ2) is 12.2. The summed E-state index contributed by atoms with van der Waals surface area (Å²) >= 11 is 0. The van der Waals surface area contributed by atoms with E-state index in [-0.39, 0.29) is 5.82 Å². The molecule has 232 valence electrons. The number of rotatable bonds is 11. The molecular formula is C20H31N4O16P. The highest BCUT2D eigenvalue weighted by Crippen LogP contribution is 2.54. The Hall–Kier alpha value is -2.14. The van der Waals surface area contributed by atoms with Crippen molar-refractivity contribution in [1.82, 2.24) is 14.9 Å². The monoisotopic (exact) mass is 614 g/mol. The zero-order valence-electron chi connectivity index (χ0n) is 21.3. The summed E-state index contributed by atoms with van der Waals surface area (Å²) in [4.78, 5) is 47.2. The van der Waals surface area contributed by atoms with Gasteiger partial charge in [0.1, 0.15) is 42.4 Å². The summed E-state index contributed by atoms with van der Waals surface area (Å²) in [6, 6.07) is -0.145. The number of hydrogen-bond donors (Lipinski definition) is 9. The van der Waals surface area contributed by atoms with Gasteiger partial charge in [0.25, 0.3) is 6.29 Å². The van der Waals surface area contributed by atoms with Gasteiger partial charge < -0.3 is 56.1 Å². The molecule has 0 radical (unpaired) electrons. The fourth-order valence-electron chi connectivity index (χ4n) is 4.54. The largest absolute Gasteiger partial charge is 0.475 e. The van der Waals surface area contributed by atoms with Crippen molar-refractivity contribution in [3.05, 3.63) is 22.7 Å². The number of nitrogens with two attached hydrogens (primary N) is 1. The molecule has 1 aromatic rings. The predicted octanol–water partition coefficient (Wildman–Crippen LogP) is -5.07. The molecule has 0 bridgehead atoms. The predicted molar refractivity (Wildman–Crippen MR) is 127 cm³/mol.